The summed E-state index contributed by atoms with van der Waals surface area (Å²) in [4.78, 5) is 25.8. The smallest absolute Gasteiger partial charge is 0.330 e. The lowest BCUT2D eigenvalue weighted by molar-refractivity contribution is 0.406. The Bertz CT molecular complexity index is 1060. The van der Waals surface area contributed by atoms with Crippen molar-refractivity contribution < 1.29 is 4.74 Å². The van der Waals surface area contributed by atoms with E-state index in [1.807, 2.05) is 20.1 Å². The van der Waals surface area contributed by atoms with Crippen LogP contribution in [0.3, 0.4) is 0 Å². The van der Waals surface area contributed by atoms with Crippen LogP contribution in [0.4, 0.5) is 5.95 Å². The number of anilines is 1. The summed E-state index contributed by atoms with van der Waals surface area (Å²) in [5.74, 6) is 1.54. The van der Waals surface area contributed by atoms with E-state index >= 15 is 0 Å². The first-order chi connectivity index (χ1) is 12.9. The van der Waals surface area contributed by atoms with Gasteiger partial charge in [0.15, 0.2) is 10.8 Å². The van der Waals surface area contributed by atoms with Crippen molar-refractivity contribution in [3.8, 4) is 5.75 Å². The number of hydrogen-bond acceptors (Lipinski definition) is 7. The zero-order chi connectivity index (χ0) is 19.7. The van der Waals surface area contributed by atoms with E-state index in [0.717, 1.165) is 28.3 Å². The number of aromatic nitrogens is 5. The van der Waals surface area contributed by atoms with Gasteiger partial charge in [0.05, 0.1) is 19.3 Å². The fourth-order valence-corrected chi connectivity index (χ4v) is 3.74. The minimum Gasteiger partial charge on any atom is -0.496 e. The summed E-state index contributed by atoms with van der Waals surface area (Å²) in [6.07, 6.45) is 3.71. The number of nitrogens with zero attached hydrogens (tertiary/aromatic N) is 5. The largest absolute Gasteiger partial charge is 0.496 e. The van der Waals surface area contributed by atoms with Crippen molar-refractivity contribution in [2.75, 3.05) is 24.9 Å². The standard InChI is InChI=1S/C17H21ClN6O2S/c1-9-7-20-11(10(2)13(9)26-3)8-24-15-12(14(18)21-16(19)22-15)23(17(24)25)5-6-27-4/h7H,5-6,8H2,1-4H3,(H2,19,21,22). The van der Waals surface area contributed by atoms with Crippen LogP contribution in [-0.2, 0) is 13.1 Å². The summed E-state index contributed by atoms with van der Waals surface area (Å²) in [5.41, 5.74) is 8.97. The van der Waals surface area contributed by atoms with Crippen molar-refractivity contribution in [3.05, 3.63) is 38.7 Å². The molecule has 3 rings (SSSR count). The Kier molecular flexibility index (Phi) is 5.61. The van der Waals surface area contributed by atoms with Crippen LogP contribution in [0.1, 0.15) is 16.8 Å². The Balaban J connectivity index is 2.21. The SMILES string of the molecule is COc1c(C)cnc(Cn2c(=O)n(CCSC)c3c(Cl)nc(N)nc32)c1C. The number of pyridine rings is 1. The molecule has 0 aliphatic carbocycles. The summed E-state index contributed by atoms with van der Waals surface area (Å²) in [6.45, 7) is 4.58. The molecular formula is C17H21ClN6O2S. The molecule has 0 atom stereocenters. The molecule has 0 bridgehead atoms. The predicted octanol–water partition coefficient (Wildman–Crippen LogP) is 2.26. The molecule has 8 nitrogen and oxygen atoms in total. The van der Waals surface area contributed by atoms with Gasteiger partial charge in [-0.3, -0.25) is 14.1 Å². The normalized spacial score (nSPS) is 11.3. The molecule has 0 aliphatic heterocycles. The molecule has 0 spiro atoms. The molecule has 0 amide bonds. The number of imidazole rings is 1. The van der Waals surface area contributed by atoms with Gasteiger partial charge in [-0.2, -0.15) is 21.7 Å². The highest BCUT2D eigenvalue weighted by Gasteiger charge is 2.20. The number of methoxy groups -OCH3 is 1. The predicted molar refractivity (Wildman–Crippen MR) is 109 cm³/mol. The molecule has 144 valence electrons. The van der Waals surface area contributed by atoms with Crippen molar-refractivity contribution in [1.82, 2.24) is 24.1 Å². The molecule has 0 unspecified atom stereocenters. The zero-order valence-corrected chi connectivity index (χ0v) is 17.2. The van der Waals surface area contributed by atoms with Gasteiger partial charge < -0.3 is 10.5 Å². The Hall–Kier alpha value is -2.26. The van der Waals surface area contributed by atoms with Gasteiger partial charge in [-0.15, -0.1) is 0 Å². The highest BCUT2D eigenvalue weighted by molar-refractivity contribution is 7.98. The lowest BCUT2D eigenvalue weighted by Gasteiger charge is -2.12. The quantitative estimate of drug-likeness (QED) is 0.624. The fourth-order valence-electron chi connectivity index (χ4n) is 3.10. The van der Waals surface area contributed by atoms with E-state index in [2.05, 4.69) is 15.0 Å². The van der Waals surface area contributed by atoms with Gasteiger partial charge in [-0.1, -0.05) is 11.6 Å². The average molecular weight is 409 g/mol. The molecule has 0 saturated heterocycles. The summed E-state index contributed by atoms with van der Waals surface area (Å²) in [5, 5.41) is 0.167. The lowest BCUT2D eigenvalue weighted by Crippen LogP contribution is -2.26. The van der Waals surface area contributed by atoms with Gasteiger partial charge >= 0.3 is 5.69 Å². The highest BCUT2D eigenvalue weighted by Crippen LogP contribution is 2.26. The summed E-state index contributed by atoms with van der Waals surface area (Å²) < 4.78 is 8.59. The van der Waals surface area contributed by atoms with E-state index in [1.54, 1.807) is 29.6 Å². The summed E-state index contributed by atoms with van der Waals surface area (Å²) in [7, 11) is 1.62. The van der Waals surface area contributed by atoms with Crippen molar-refractivity contribution in [1.29, 1.82) is 0 Å². The molecular weight excluding hydrogens is 388 g/mol. The molecule has 0 aliphatic rings. The second kappa shape index (κ2) is 7.77. The Morgan fingerprint density at radius 3 is 2.70 bits per heavy atom. The van der Waals surface area contributed by atoms with Crippen LogP contribution in [0.5, 0.6) is 5.75 Å². The Labute approximate surface area is 165 Å². The number of hydrogen-bond donors (Lipinski definition) is 1. The van der Waals surface area contributed by atoms with Crippen LogP contribution >= 0.6 is 23.4 Å². The number of aryl methyl sites for hydroxylation is 2. The van der Waals surface area contributed by atoms with Gasteiger partial charge in [0.2, 0.25) is 5.95 Å². The van der Waals surface area contributed by atoms with E-state index in [-0.39, 0.29) is 23.3 Å². The van der Waals surface area contributed by atoms with Crippen LogP contribution in [0, 0.1) is 13.8 Å². The third kappa shape index (κ3) is 3.49. The maximum Gasteiger partial charge on any atom is 0.330 e. The first kappa shape index (κ1) is 19.5. The number of nitrogens with two attached hydrogens (primary N) is 1. The van der Waals surface area contributed by atoms with Gasteiger partial charge in [0, 0.05) is 29.6 Å². The number of ether oxygens (including phenoxy) is 1. The van der Waals surface area contributed by atoms with Crippen molar-refractivity contribution in [2.24, 2.45) is 0 Å². The molecule has 3 heterocycles. The van der Waals surface area contributed by atoms with Gasteiger partial charge in [-0.05, 0) is 20.1 Å². The Morgan fingerprint density at radius 2 is 2.04 bits per heavy atom. The van der Waals surface area contributed by atoms with Crippen LogP contribution in [0.25, 0.3) is 11.2 Å². The van der Waals surface area contributed by atoms with Gasteiger partial charge in [0.1, 0.15) is 11.3 Å². The second-order valence-corrected chi connectivity index (χ2v) is 7.45. The van der Waals surface area contributed by atoms with Crippen molar-refractivity contribution in [2.45, 2.75) is 26.9 Å². The van der Waals surface area contributed by atoms with Crippen LogP contribution < -0.4 is 16.2 Å². The van der Waals surface area contributed by atoms with E-state index in [9.17, 15) is 4.79 Å². The molecule has 0 saturated carbocycles. The van der Waals surface area contributed by atoms with E-state index in [0.29, 0.717) is 17.7 Å². The first-order valence-electron chi connectivity index (χ1n) is 8.29. The van der Waals surface area contributed by atoms with Crippen LogP contribution in [0.15, 0.2) is 11.0 Å². The molecule has 27 heavy (non-hydrogen) atoms. The summed E-state index contributed by atoms with van der Waals surface area (Å²) in [6, 6.07) is 0. The second-order valence-electron chi connectivity index (χ2n) is 6.10. The molecule has 0 radical (unpaired) electrons. The third-order valence-corrected chi connectivity index (χ3v) is 5.26. The lowest BCUT2D eigenvalue weighted by atomic mass is 10.1. The monoisotopic (exact) mass is 408 g/mol. The van der Waals surface area contributed by atoms with Crippen LogP contribution in [-0.4, -0.2) is 43.2 Å². The minimum atomic E-state index is -0.221. The molecule has 0 fully saturated rings. The first-order valence-corrected chi connectivity index (χ1v) is 10.1. The van der Waals surface area contributed by atoms with Crippen molar-refractivity contribution >= 4 is 40.5 Å². The molecule has 3 aromatic heterocycles. The topological polar surface area (TPSA) is 101 Å². The maximum absolute atomic E-state index is 13.1. The number of halogens is 1. The minimum absolute atomic E-state index is 0.0226. The van der Waals surface area contributed by atoms with Crippen molar-refractivity contribution in [3.63, 3.8) is 0 Å². The zero-order valence-electron chi connectivity index (χ0n) is 15.6. The average Bonchev–Trinajstić information content (AvgIpc) is 2.88. The van der Waals surface area contributed by atoms with E-state index in [4.69, 9.17) is 22.1 Å². The number of thioether (sulfide) groups is 1. The highest BCUT2D eigenvalue weighted by atomic mass is 35.5. The number of nitrogen functional groups attached to an aromatic ring is 1. The maximum atomic E-state index is 13.1. The number of fused-ring (bicyclic) bond motifs is 1. The molecule has 10 heteroatoms. The fraction of sp³-hybridized carbons (Fsp3) is 0.412. The molecule has 0 aromatic carbocycles. The van der Waals surface area contributed by atoms with Gasteiger partial charge in [-0.25, -0.2) is 4.79 Å². The van der Waals surface area contributed by atoms with E-state index < -0.39 is 0 Å². The van der Waals surface area contributed by atoms with Crippen LogP contribution in [0.2, 0.25) is 5.15 Å². The Morgan fingerprint density at radius 1 is 1.30 bits per heavy atom. The summed E-state index contributed by atoms with van der Waals surface area (Å²) >= 11 is 7.93. The molecule has 3 aromatic rings. The van der Waals surface area contributed by atoms with Gasteiger partial charge in [0.25, 0.3) is 0 Å². The number of rotatable bonds is 6. The molecule has 2 N–H and O–H groups in total. The van der Waals surface area contributed by atoms with E-state index in [1.165, 1.54) is 4.57 Å². The third-order valence-electron chi connectivity index (χ3n) is 4.40.